The van der Waals surface area contributed by atoms with E-state index < -0.39 is 0 Å². The van der Waals surface area contributed by atoms with E-state index in [0.717, 1.165) is 17.7 Å². The first kappa shape index (κ1) is 16.0. The molecule has 1 amide bonds. The molecule has 1 aromatic carbocycles. The SMILES string of the molecule is CN(CCc1ccncc1)C(=O)CN1CC(=O)Oc2ccccc21. The number of likely N-dealkylation sites (N-methyl/N-ethyl adjacent to an activating group) is 1. The van der Waals surface area contributed by atoms with Gasteiger partial charge in [0.1, 0.15) is 6.54 Å². The second kappa shape index (κ2) is 7.12. The molecule has 24 heavy (non-hydrogen) atoms. The number of para-hydroxylation sites is 2. The number of pyridine rings is 1. The van der Waals surface area contributed by atoms with Gasteiger partial charge in [0.2, 0.25) is 5.91 Å². The number of ether oxygens (including phenoxy) is 1. The van der Waals surface area contributed by atoms with Crippen LogP contribution in [0.5, 0.6) is 5.75 Å². The van der Waals surface area contributed by atoms with Gasteiger partial charge in [0.25, 0.3) is 0 Å². The molecule has 1 aliphatic rings. The lowest BCUT2D eigenvalue weighted by Gasteiger charge is -2.30. The number of benzene rings is 1. The zero-order chi connectivity index (χ0) is 16.9. The molecule has 3 rings (SSSR count). The molecule has 124 valence electrons. The highest BCUT2D eigenvalue weighted by Crippen LogP contribution is 2.31. The van der Waals surface area contributed by atoms with Crippen LogP contribution in [0.25, 0.3) is 0 Å². The van der Waals surface area contributed by atoms with Crippen LogP contribution in [0.2, 0.25) is 0 Å². The molecule has 6 heteroatoms. The average Bonchev–Trinajstić information content (AvgIpc) is 2.60. The molecule has 0 unspecified atom stereocenters. The highest BCUT2D eigenvalue weighted by atomic mass is 16.5. The Morgan fingerprint density at radius 3 is 2.79 bits per heavy atom. The van der Waals surface area contributed by atoms with Crippen molar-refractivity contribution in [2.75, 3.05) is 31.6 Å². The van der Waals surface area contributed by atoms with Crippen molar-refractivity contribution in [1.29, 1.82) is 0 Å². The number of anilines is 1. The maximum absolute atomic E-state index is 12.5. The van der Waals surface area contributed by atoms with Gasteiger partial charge in [-0.05, 0) is 36.2 Å². The fraction of sp³-hybridized carbons (Fsp3) is 0.278. The maximum Gasteiger partial charge on any atom is 0.331 e. The summed E-state index contributed by atoms with van der Waals surface area (Å²) in [5.74, 6) is 0.121. The highest BCUT2D eigenvalue weighted by molar-refractivity contribution is 5.89. The Morgan fingerprint density at radius 2 is 2.00 bits per heavy atom. The lowest BCUT2D eigenvalue weighted by molar-refractivity contribution is -0.133. The van der Waals surface area contributed by atoms with E-state index in [1.54, 1.807) is 41.4 Å². The lowest BCUT2D eigenvalue weighted by atomic mass is 10.2. The van der Waals surface area contributed by atoms with Crippen LogP contribution in [0.3, 0.4) is 0 Å². The Labute approximate surface area is 140 Å². The first-order valence-corrected chi connectivity index (χ1v) is 7.81. The number of fused-ring (bicyclic) bond motifs is 1. The summed E-state index contributed by atoms with van der Waals surface area (Å²) >= 11 is 0. The van der Waals surface area contributed by atoms with E-state index in [2.05, 4.69) is 4.98 Å². The van der Waals surface area contributed by atoms with E-state index in [9.17, 15) is 9.59 Å². The van der Waals surface area contributed by atoms with E-state index >= 15 is 0 Å². The van der Waals surface area contributed by atoms with Gasteiger partial charge < -0.3 is 14.5 Å². The average molecular weight is 325 g/mol. The maximum atomic E-state index is 12.5. The van der Waals surface area contributed by atoms with E-state index in [4.69, 9.17) is 4.74 Å². The Morgan fingerprint density at radius 1 is 1.25 bits per heavy atom. The fourth-order valence-corrected chi connectivity index (χ4v) is 2.60. The van der Waals surface area contributed by atoms with E-state index in [0.29, 0.717) is 12.3 Å². The molecule has 0 aliphatic carbocycles. The molecule has 2 aromatic rings. The molecule has 0 radical (unpaired) electrons. The number of carbonyl (C=O) groups excluding carboxylic acids is 2. The molecule has 0 bridgehead atoms. The van der Waals surface area contributed by atoms with Crippen molar-refractivity contribution in [2.24, 2.45) is 0 Å². The molecule has 1 aromatic heterocycles. The van der Waals surface area contributed by atoms with Crippen molar-refractivity contribution >= 4 is 17.6 Å². The zero-order valence-electron chi connectivity index (χ0n) is 13.5. The van der Waals surface area contributed by atoms with Crippen molar-refractivity contribution < 1.29 is 14.3 Å². The van der Waals surface area contributed by atoms with Crippen molar-refractivity contribution in [3.63, 3.8) is 0 Å². The van der Waals surface area contributed by atoms with Crippen LogP contribution >= 0.6 is 0 Å². The van der Waals surface area contributed by atoms with Crippen LogP contribution in [-0.2, 0) is 16.0 Å². The lowest BCUT2D eigenvalue weighted by Crippen LogP contribution is -2.44. The van der Waals surface area contributed by atoms with Crippen LogP contribution < -0.4 is 9.64 Å². The van der Waals surface area contributed by atoms with Crippen molar-refractivity contribution in [3.8, 4) is 5.75 Å². The van der Waals surface area contributed by atoms with Gasteiger partial charge in [-0.15, -0.1) is 0 Å². The number of hydrogen-bond donors (Lipinski definition) is 0. The number of aromatic nitrogens is 1. The Kier molecular flexibility index (Phi) is 4.74. The predicted octanol–water partition coefficient (Wildman–Crippen LogP) is 1.51. The number of nitrogens with zero attached hydrogens (tertiary/aromatic N) is 3. The Balaban J connectivity index is 1.61. The topological polar surface area (TPSA) is 62.7 Å². The summed E-state index contributed by atoms with van der Waals surface area (Å²) in [6, 6.07) is 11.1. The number of amides is 1. The first-order chi connectivity index (χ1) is 11.6. The van der Waals surface area contributed by atoms with Crippen LogP contribution in [0, 0.1) is 0 Å². The van der Waals surface area contributed by atoms with E-state index in [1.807, 2.05) is 24.3 Å². The third-order valence-corrected chi connectivity index (χ3v) is 3.99. The molecule has 6 nitrogen and oxygen atoms in total. The standard InChI is InChI=1S/C18H19N3O3/c1-20(11-8-14-6-9-19-10-7-14)17(22)12-21-13-18(23)24-16-5-3-2-4-15(16)21/h2-7,9-10H,8,11-13H2,1H3. The van der Waals surface area contributed by atoms with Crippen LogP contribution in [0.4, 0.5) is 5.69 Å². The van der Waals surface area contributed by atoms with Gasteiger partial charge in [-0.1, -0.05) is 12.1 Å². The second-order valence-electron chi connectivity index (χ2n) is 5.72. The molecule has 0 fully saturated rings. The Bertz CT molecular complexity index is 733. The smallest absolute Gasteiger partial charge is 0.331 e. The van der Waals surface area contributed by atoms with Gasteiger partial charge in [0.15, 0.2) is 5.75 Å². The van der Waals surface area contributed by atoms with Crippen molar-refractivity contribution in [2.45, 2.75) is 6.42 Å². The van der Waals surface area contributed by atoms with Gasteiger partial charge >= 0.3 is 5.97 Å². The van der Waals surface area contributed by atoms with Crippen molar-refractivity contribution in [1.82, 2.24) is 9.88 Å². The third-order valence-electron chi connectivity index (χ3n) is 3.99. The first-order valence-electron chi connectivity index (χ1n) is 7.81. The second-order valence-corrected chi connectivity index (χ2v) is 5.72. The molecule has 2 heterocycles. The molecular weight excluding hydrogens is 306 g/mol. The van der Waals surface area contributed by atoms with Gasteiger partial charge in [-0.3, -0.25) is 9.78 Å². The summed E-state index contributed by atoms with van der Waals surface area (Å²) in [5.41, 5.74) is 1.91. The molecule has 0 saturated heterocycles. The molecule has 0 N–H and O–H groups in total. The molecule has 1 aliphatic heterocycles. The van der Waals surface area contributed by atoms with Gasteiger partial charge in [0, 0.05) is 26.0 Å². The fourth-order valence-electron chi connectivity index (χ4n) is 2.60. The van der Waals surface area contributed by atoms with Crippen LogP contribution in [0.15, 0.2) is 48.8 Å². The van der Waals surface area contributed by atoms with Crippen LogP contribution in [0.1, 0.15) is 5.56 Å². The van der Waals surface area contributed by atoms with Crippen LogP contribution in [-0.4, -0.2) is 48.4 Å². The van der Waals surface area contributed by atoms with Gasteiger partial charge in [-0.25, -0.2) is 4.79 Å². The minimum absolute atomic E-state index is 0.0337. The molecule has 0 spiro atoms. The normalized spacial score (nSPS) is 13.2. The minimum Gasteiger partial charge on any atom is -0.423 e. The van der Waals surface area contributed by atoms with E-state index in [1.165, 1.54) is 0 Å². The molecule has 0 saturated carbocycles. The quantitative estimate of drug-likeness (QED) is 0.616. The van der Waals surface area contributed by atoms with Crippen molar-refractivity contribution in [3.05, 3.63) is 54.4 Å². The summed E-state index contributed by atoms with van der Waals surface area (Å²) in [6.07, 6.45) is 4.25. The third kappa shape index (κ3) is 3.71. The largest absolute Gasteiger partial charge is 0.423 e. The Hall–Kier alpha value is -2.89. The number of carbonyl (C=O) groups is 2. The monoisotopic (exact) mass is 325 g/mol. The minimum atomic E-state index is -0.346. The zero-order valence-corrected chi connectivity index (χ0v) is 13.5. The van der Waals surface area contributed by atoms with E-state index in [-0.39, 0.29) is 25.0 Å². The number of hydrogen-bond acceptors (Lipinski definition) is 5. The predicted molar refractivity (Wildman–Crippen MR) is 89.9 cm³/mol. The molecule has 0 atom stereocenters. The number of rotatable bonds is 5. The van der Waals surface area contributed by atoms with Gasteiger partial charge in [0.05, 0.1) is 12.2 Å². The summed E-state index contributed by atoms with van der Waals surface area (Å²) in [4.78, 5) is 31.6. The summed E-state index contributed by atoms with van der Waals surface area (Å²) in [7, 11) is 1.78. The van der Waals surface area contributed by atoms with Gasteiger partial charge in [-0.2, -0.15) is 0 Å². The molecular formula is C18H19N3O3. The summed E-state index contributed by atoms with van der Waals surface area (Å²) in [5, 5.41) is 0. The summed E-state index contributed by atoms with van der Waals surface area (Å²) in [6.45, 7) is 0.850. The number of esters is 1. The summed E-state index contributed by atoms with van der Waals surface area (Å²) < 4.78 is 5.20. The highest BCUT2D eigenvalue weighted by Gasteiger charge is 2.26.